The molecule has 1 rings (SSSR count). The minimum atomic E-state index is -3.45. The third kappa shape index (κ3) is 4.39. The first-order valence-corrected chi connectivity index (χ1v) is 7.48. The molecule has 0 fully saturated rings. The summed E-state index contributed by atoms with van der Waals surface area (Å²) in [6.07, 6.45) is 0. The molecule has 116 valence electrons. The minimum Gasteiger partial charge on any atom is -0.399 e. The summed E-state index contributed by atoms with van der Waals surface area (Å²) in [6.45, 7) is -0.161. The molecule has 9 nitrogen and oxygen atoms in total. The van der Waals surface area contributed by atoms with Crippen molar-refractivity contribution in [3.8, 4) is 0 Å². The van der Waals surface area contributed by atoms with Crippen molar-refractivity contribution < 1.29 is 18.1 Å². The van der Waals surface area contributed by atoms with Gasteiger partial charge >= 0.3 is 0 Å². The monoisotopic (exact) mass is 316 g/mol. The molecular weight excluding hydrogens is 300 g/mol. The van der Waals surface area contributed by atoms with Crippen molar-refractivity contribution in [3.63, 3.8) is 0 Å². The number of carbonyl (C=O) groups excluding carboxylic acids is 1. The molecule has 1 aromatic rings. The lowest BCUT2D eigenvalue weighted by atomic mass is 10.1. The number of nitrogens with two attached hydrogens (primary N) is 1. The standard InChI is InChI=1S/C11H16N4O5S/c1-14(2)21(19,20)6-5-13-11(16)9-7-8(12)3-4-10(9)15(17)18/h3-4,7H,5-6,12H2,1-2H3,(H,13,16). The zero-order valence-electron chi connectivity index (χ0n) is 11.6. The maximum absolute atomic E-state index is 11.9. The molecule has 0 aliphatic heterocycles. The number of nitrogens with zero attached hydrogens (tertiary/aromatic N) is 2. The minimum absolute atomic E-state index is 0.161. The van der Waals surface area contributed by atoms with Crippen LogP contribution in [0.3, 0.4) is 0 Å². The summed E-state index contributed by atoms with van der Waals surface area (Å²) in [6, 6.07) is 3.61. The van der Waals surface area contributed by atoms with Crippen molar-refractivity contribution in [2.24, 2.45) is 0 Å². The third-order valence-electron chi connectivity index (χ3n) is 2.66. The smallest absolute Gasteiger partial charge is 0.282 e. The van der Waals surface area contributed by atoms with E-state index >= 15 is 0 Å². The van der Waals surface area contributed by atoms with E-state index in [1.807, 2.05) is 0 Å². The lowest BCUT2D eigenvalue weighted by Crippen LogP contribution is -2.34. The topological polar surface area (TPSA) is 136 Å². The Morgan fingerprint density at radius 1 is 1.43 bits per heavy atom. The van der Waals surface area contributed by atoms with E-state index < -0.39 is 26.5 Å². The molecule has 21 heavy (non-hydrogen) atoms. The van der Waals surface area contributed by atoms with Crippen LogP contribution in [0, 0.1) is 10.1 Å². The number of sulfonamides is 1. The predicted octanol–water partition coefficient (Wildman–Crippen LogP) is -0.202. The van der Waals surface area contributed by atoms with Gasteiger partial charge in [-0.15, -0.1) is 0 Å². The van der Waals surface area contributed by atoms with Crippen LogP contribution in [0.25, 0.3) is 0 Å². The quantitative estimate of drug-likeness (QED) is 0.424. The Balaban J connectivity index is 2.82. The number of benzene rings is 1. The van der Waals surface area contributed by atoms with Gasteiger partial charge in [0, 0.05) is 32.4 Å². The summed E-state index contributed by atoms with van der Waals surface area (Å²) >= 11 is 0. The van der Waals surface area contributed by atoms with Crippen molar-refractivity contribution in [1.82, 2.24) is 9.62 Å². The van der Waals surface area contributed by atoms with Gasteiger partial charge in [0.05, 0.1) is 10.7 Å². The Kier molecular flexibility index (Phi) is 5.22. The van der Waals surface area contributed by atoms with Gasteiger partial charge in [0.15, 0.2) is 0 Å². The van der Waals surface area contributed by atoms with Crippen molar-refractivity contribution in [2.75, 3.05) is 32.1 Å². The van der Waals surface area contributed by atoms with Gasteiger partial charge in [0.25, 0.3) is 11.6 Å². The van der Waals surface area contributed by atoms with Crippen molar-refractivity contribution in [2.45, 2.75) is 0 Å². The number of anilines is 1. The van der Waals surface area contributed by atoms with E-state index in [-0.39, 0.29) is 23.5 Å². The van der Waals surface area contributed by atoms with Crippen LogP contribution in [-0.2, 0) is 10.0 Å². The second-order valence-corrected chi connectivity index (χ2v) is 6.69. The van der Waals surface area contributed by atoms with E-state index in [1.54, 1.807) is 0 Å². The molecule has 0 unspecified atom stereocenters. The van der Waals surface area contributed by atoms with Gasteiger partial charge in [0.1, 0.15) is 5.56 Å². The molecule has 1 aromatic carbocycles. The summed E-state index contributed by atoms with van der Waals surface area (Å²) < 4.78 is 24.1. The Labute approximate surface area is 121 Å². The first-order valence-electron chi connectivity index (χ1n) is 5.87. The summed E-state index contributed by atoms with van der Waals surface area (Å²) in [4.78, 5) is 22.0. The van der Waals surface area contributed by atoms with E-state index in [0.717, 1.165) is 10.4 Å². The maximum atomic E-state index is 11.9. The predicted molar refractivity (Wildman–Crippen MR) is 77.3 cm³/mol. The van der Waals surface area contributed by atoms with Gasteiger partial charge in [-0.05, 0) is 12.1 Å². The molecule has 1 amide bonds. The van der Waals surface area contributed by atoms with Crippen molar-refractivity contribution >= 4 is 27.3 Å². The molecule has 0 aliphatic rings. The third-order valence-corrected chi connectivity index (χ3v) is 4.50. The second-order valence-electron chi connectivity index (χ2n) is 4.39. The van der Waals surface area contributed by atoms with Crippen LogP contribution in [-0.4, -0.2) is 49.9 Å². The van der Waals surface area contributed by atoms with E-state index in [2.05, 4.69) is 5.32 Å². The first kappa shape index (κ1) is 16.9. The molecular formula is C11H16N4O5S. The fourth-order valence-electron chi connectivity index (χ4n) is 1.47. The lowest BCUT2D eigenvalue weighted by Gasteiger charge is -2.11. The summed E-state index contributed by atoms with van der Waals surface area (Å²) in [5.41, 5.74) is 5.10. The summed E-state index contributed by atoms with van der Waals surface area (Å²) in [5.74, 6) is -1.05. The SMILES string of the molecule is CN(C)S(=O)(=O)CCNC(=O)c1cc(N)ccc1[N+](=O)[O-]. The van der Waals surface area contributed by atoms with Crippen molar-refractivity contribution in [3.05, 3.63) is 33.9 Å². The average Bonchev–Trinajstić information content (AvgIpc) is 2.37. The molecule has 0 aromatic heterocycles. The number of nitrogens with one attached hydrogen (secondary N) is 1. The number of nitro benzene ring substituents is 1. The van der Waals surface area contributed by atoms with Gasteiger partial charge in [-0.25, -0.2) is 12.7 Å². The molecule has 3 N–H and O–H groups in total. The van der Waals surface area contributed by atoms with Gasteiger partial charge in [-0.1, -0.05) is 0 Å². The lowest BCUT2D eigenvalue weighted by molar-refractivity contribution is -0.385. The van der Waals surface area contributed by atoms with Gasteiger partial charge in [-0.3, -0.25) is 14.9 Å². The van der Waals surface area contributed by atoms with Gasteiger partial charge in [-0.2, -0.15) is 0 Å². The highest BCUT2D eigenvalue weighted by atomic mass is 32.2. The van der Waals surface area contributed by atoms with Crippen LogP contribution in [0.15, 0.2) is 18.2 Å². The van der Waals surface area contributed by atoms with Crippen LogP contribution < -0.4 is 11.1 Å². The molecule has 0 heterocycles. The first-order chi connectivity index (χ1) is 9.65. The van der Waals surface area contributed by atoms with Crippen LogP contribution in [0.1, 0.15) is 10.4 Å². The maximum Gasteiger partial charge on any atom is 0.282 e. The Morgan fingerprint density at radius 2 is 2.05 bits per heavy atom. The highest BCUT2D eigenvalue weighted by Gasteiger charge is 2.21. The van der Waals surface area contributed by atoms with Crippen molar-refractivity contribution in [1.29, 1.82) is 0 Å². The molecule has 10 heteroatoms. The number of rotatable bonds is 6. The van der Waals surface area contributed by atoms with E-state index in [1.165, 1.54) is 26.2 Å². The molecule has 0 bridgehead atoms. The number of nitrogen functional groups attached to an aromatic ring is 1. The highest BCUT2D eigenvalue weighted by molar-refractivity contribution is 7.89. The molecule has 0 radical (unpaired) electrons. The van der Waals surface area contributed by atoms with Crippen LogP contribution >= 0.6 is 0 Å². The highest BCUT2D eigenvalue weighted by Crippen LogP contribution is 2.20. The molecule has 0 saturated carbocycles. The van der Waals surface area contributed by atoms with E-state index in [9.17, 15) is 23.3 Å². The Hall–Kier alpha value is -2.20. The van der Waals surface area contributed by atoms with Crippen LogP contribution in [0.5, 0.6) is 0 Å². The number of amides is 1. The molecule has 0 spiro atoms. The van der Waals surface area contributed by atoms with Gasteiger partial charge in [0.2, 0.25) is 10.0 Å². The largest absolute Gasteiger partial charge is 0.399 e. The number of hydrogen-bond acceptors (Lipinski definition) is 6. The van der Waals surface area contributed by atoms with E-state index in [0.29, 0.717) is 0 Å². The van der Waals surface area contributed by atoms with E-state index in [4.69, 9.17) is 5.73 Å². The number of carbonyl (C=O) groups is 1. The molecule has 0 atom stereocenters. The Morgan fingerprint density at radius 3 is 2.57 bits per heavy atom. The number of hydrogen-bond donors (Lipinski definition) is 2. The van der Waals surface area contributed by atoms with Crippen LogP contribution in [0.2, 0.25) is 0 Å². The summed E-state index contributed by atoms with van der Waals surface area (Å²) in [5, 5.41) is 13.2. The molecule has 0 saturated heterocycles. The Bertz CT molecular complexity index is 657. The van der Waals surface area contributed by atoms with Crippen LogP contribution in [0.4, 0.5) is 11.4 Å². The zero-order valence-corrected chi connectivity index (χ0v) is 12.4. The fourth-order valence-corrected chi connectivity index (χ4v) is 2.19. The normalized spacial score (nSPS) is 11.4. The second kappa shape index (κ2) is 6.50. The van der Waals surface area contributed by atoms with Gasteiger partial charge < -0.3 is 11.1 Å². The fraction of sp³-hybridized carbons (Fsp3) is 0.364. The molecule has 0 aliphatic carbocycles. The average molecular weight is 316 g/mol. The summed E-state index contributed by atoms with van der Waals surface area (Å²) in [7, 11) is -0.701. The number of nitro groups is 1. The zero-order chi connectivity index (χ0) is 16.2.